The van der Waals surface area contributed by atoms with Crippen molar-refractivity contribution < 1.29 is 13.9 Å². The number of benzene rings is 1. The highest BCUT2D eigenvalue weighted by Gasteiger charge is 2.23. The van der Waals surface area contributed by atoms with Crippen LogP contribution < -0.4 is 5.56 Å². The number of aromatic hydroxyl groups is 1. The Hall–Kier alpha value is -2.64. The molecule has 3 aromatic rings. The van der Waals surface area contributed by atoms with Gasteiger partial charge >= 0.3 is 0 Å². The van der Waals surface area contributed by atoms with Gasteiger partial charge in [0.15, 0.2) is 11.6 Å². The van der Waals surface area contributed by atoms with E-state index < -0.39 is 5.82 Å². The summed E-state index contributed by atoms with van der Waals surface area (Å²) in [6, 6.07) is 5.77. The van der Waals surface area contributed by atoms with Crippen molar-refractivity contribution in [2.45, 2.75) is 19.5 Å². The predicted molar refractivity (Wildman–Crippen MR) is 93.5 cm³/mol. The molecule has 0 atom stereocenters. The third kappa shape index (κ3) is 3.11. The van der Waals surface area contributed by atoms with Gasteiger partial charge in [0.25, 0.3) is 5.56 Å². The highest BCUT2D eigenvalue weighted by molar-refractivity contribution is 6.32. The van der Waals surface area contributed by atoms with Gasteiger partial charge < -0.3 is 14.5 Å². The van der Waals surface area contributed by atoms with Gasteiger partial charge in [-0.05, 0) is 30.7 Å². The van der Waals surface area contributed by atoms with E-state index in [1.54, 1.807) is 12.1 Å². The normalized spacial score (nSPS) is 14.4. The summed E-state index contributed by atoms with van der Waals surface area (Å²) in [5.41, 5.74) is 1.50. The van der Waals surface area contributed by atoms with Crippen molar-refractivity contribution in [3.05, 3.63) is 68.5 Å². The molecular formula is C18H15ClFN3O3. The van der Waals surface area contributed by atoms with Crippen LogP contribution in [0.3, 0.4) is 0 Å². The second-order valence-corrected chi connectivity index (χ2v) is 6.58. The Kier molecular flexibility index (Phi) is 4.26. The molecule has 0 saturated carbocycles. The largest absolute Gasteiger partial charge is 0.506 e. The maximum absolute atomic E-state index is 13.6. The number of phenols is 1. The lowest BCUT2D eigenvalue weighted by Gasteiger charge is -2.28. The van der Waals surface area contributed by atoms with Crippen molar-refractivity contribution in [2.75, 3.05) is 6.54 Å². The molecule has 3 heterocycles. The quantitative estimate of drug-likeness (QED) is 0.735. The molecule has 0 radical (unpaired) electrons. The van der Waals surface area contributed by atoms with E-state index in [1.165, 1.54) is 12.3 Å². The van der Waals surface area contributed by atoms with E-state index in [0.717, 1.165) is 6.07 Å². The lowest BCUT2D eigenvalue weighted by Crippen LogP contribution is -2.35. The van der Waals surface area contributed by atoms with E-state index >= 15 is 0 Å². The number of furan rings is 1. The fourth-order valence-electron chi connectivity index (χ4n) is 3.14. The van der Waals surface area contributed by atoms with Crippen LogP contribution in [0, 0.1) is 5.82 Å². The fourth-order valence-corrected chi connectivity index (χ4v) is 3.37. The van der Waals surface area contributed by atoms with Gasteiger partial charge in [-0.2, -0.15) is 0 Å². The summed E-state index contributed by atoms with van der Waals surface area (Å²) in [6.07, 6.45) is 2.03. The number of hydrogen-bond donors (Lipinski definition) is 2. The van der Waals surface area contributed by atoms with Crippen LogP contribution in [0.5, 0.6) is 5.75 Å². The Morgan fingerprint density at radius 1 is 1.42 bits per heavy atom. The predicted octanol–water partition coefficient (Wildman–Crippen LogP) is 3.09. The summed E-state index contributed by atoms with van der Waals surface area (Å²) in [6.45, 7) is 1.29. The van der Waals surface area contributed by atoms with E-state index in [1.807, 2.05) is 4.90 Å². The zero-order valence-corrected chi connectivity index (χ0v) is 14.4. The van der Waals surface area contributed by atoms with Crippen LogP contribution in [-0.4, -0.2) is 26.5 Å². The Balaban J connectivity index is 1.63. The third-order valence-electron chi connectivity index (χ3n) is 4.41. The number of halogens is 2. The summed E-state index contributed by atoms with van der Waals surface area (Å²) < 4.78 is 18.9. The lowest BCUT2D eigenvalue weighted by molar-refractivity contribution is 0.237. The lowest BCUT2D eigenvalue weighted by atomic mass is 10.1. The summed E-state index contributed by atoms with van der Waals surface area (Å²) in [4.78, 5) is 21.6. The van der Waals surface area contributed by atoms with Gasteiger partial charge in [-0.15, -0.1) is 0 Å². The number of fused-ring (bicyclic) bond motifs is 1. The van der Waals surface area contributed by atoms with Crippen LogP contribution in [0.4, 0.5) is 4.39 Å². The molecule has 134 valence electrons. The van der Waals surface area contributed by atoms with Crippen LogP contribution in [0.25, 0.3) is 11.6 Å². The smallest absolute Gasteiger partial charge is 0.254 e. The molecule has 0 spiro atoms. The second kappa shape index (κ2) is 6.59. The first-order valence-corrected chi connectivity index (χ1v) is 8.44. The van der Waals surface area contributed by atoms with Crippen molar-refractivity contribution >= 4 is 11.6 Å². The number of rotatable bonds is 3. The van der Waals surface area contributed by atoms with Crippen LogP contribution in [-0.2, 0) is 19.5 Å². The Labute approximate surface area is 152 Å². The molecule has 2 N–H and O–H groups in total. The van der Waals surface area contributed by atoms with Crippen molar-refractivity contribution in [3.8, 4) is 17.3 Å². The second-order valence-electron chi connectivity index (χ2n) is 6.17. The molecule has 1 aromatic carbocycles. The first-order chi connectivity index (χ1) is 12.5. The molecule has 1 aliphatic rings. The minimum atomic E-state index is -0.505. The molecule has 8 heteroatoms. The van der Waals surface area contributed by atoms with Gasteiger partial charge in [-0.3, -0.25) is 9.69 Å². The van der Waals surface area contributed by atoms with E-state index in [2.05, 4.69) is 9.97 Å². The van der Waals surface area contributed by atoms with Crippen molar-refractivity contribution in [3.63, 3.8) is 0 Å². The van der Waals surface area contributed by atoms with E-state index in [-0.39, 0.29) is 16.3 Å². The number of hydrogen-bond acceptors (Lipinski definition) is 5. The average molecular weight is 376 g/mol. The molecule has 1 aliphatic heterocycles. The average Bonchev–Trinajstić information content (AvgIpc) is 3.13. The van der Waals surface area contributed by atoms with E-state index in [9.17, 15) is 14.3 Å². The minimum absolute atomic E-state index is 0.0212. The van der Waals surface area contributed by atoms with Gasteiger partial charge in [0.1, 0.15) is 11.6 Å². The third-order valence-corrected chi connectivity index (χ3v) is 4.70. The van der Waals surface area contributed by atoms with Crippen LogP contribution >= 0.6 is 11.6 Å². The van der Waals surface area contributed by atoms with Gasteiger partial charge in [0.05, 0.1) is 17.0 Å². The molecule has 0 bridgehead atoms. The number of aromatic nitrogens is 2. The molecule has 0 fully saturated rings. The molecule has 0 unspecified atom stereocenters. The molecule has 4 rings (SSSR count). The van der Waals surface area contributed by atoms with Crippen molar-refractivity contribution in [1.82, 2.24) is 14.9 Å². The fraction of sp³-hybridized carbons (Fsp3) is 0.222. The summed E-state index contributed by atoms with van der Waals surface area (Å²) >= 11 is 5.84. The van der Waals surface area contributed by atoms with Gasteiger partial charge in [-0.25, -0.2) is 9.37 Å². The topological polar surface area (TPSA) is 82.4 Å². The highest BCUT2D eigenvalue weighted by atomic mass is 35.5. The molecule has 26 heavy (non-hydrogen) atoms. The highest BCUT2D eigenvalue weighted by Crippen LogP contribution is 2.30. The SMILES string of the molecule is O=c1[nH]c(-c2ccco2)nc2c1CCN(Cc1cc(F)cc(Cl)c1O)C2. The monoisotopic (exact) mass is 375 g/mol. The van der Waals surface area contributed by atoms with Crippen LogP contribution in [0.2, 0.25) is 5.02 Å². The standard InChI is InChI=1S/C18H15ClFN3O3/c19-13-7-11(20)6-10(16(13)24)8-23-4-3-12-14(9-23)21-17(22-18(12)25)15-2-1-5-26-15/h1-2,5-7,24H,3-4,8-9H2,(H,21,22,25). The number of phenolic OH excluding ortho intramolecular Hbond substituents is 1. The van der Waals surface area contributed by atoms with Gasteiger partial charge in [0.2, 0.25) is 0 Å². The van der Waals surface area contributed by atoms with Crippen LogP contribution in [0.15, 0.2) is 39.7 Å². The summed E-state index contributed by atoms with van der Waals surface area (Å²) in [7, 11) is 0. The first-order valence-electron chi connectivity index (χ1n) is 8.06. The molecule has 6 nitrogen and oxygen atoms in total. The molecule has 0 aliphatic carbocycles. The minimum Gasteiger partial charge on any atom is -0.506 e. The zero-order chi connectivity index (χ0) is 18.3. The summed E-state index contributed by atoms with van der Waals surface area (Å²) in [5.74, 6) is 0.220. The Morgan fingerprint density at radius 2 is 2.27 bits per heavy atom. The van der Waals surface area contributed by atoms with Crippen molar-refractivity contribution in [2.24, 2.45) is 0 Å². The summed E-state index contributed by atoms with van der Waals surface area (Å²) in [5, 5.41) is 10.0. The molecule has 0 saturated heterocycles. The maximum atomic E-state index is 13.6. The maximum Gasteiger partial charge on any atom is 0.254 e. The molecule has 2 aromatic heterocycles. The van der Waals surface area contributed by atoms with Gasteiger partial charge in [-0.1, -0.05) is 11.6 Å². The molecular weight excluding hydrogens is 361 g/mol. The number of H-pyrrole nitrogens is 1. The molecule has 0 amide bonds. The van der Waals surface area contributed by atoms with Gasteiger partial charge in [0, 0.05) is 30.8 Å². The Bertz CT molecular complexity index is 1020. The number of nitrogens with one attached hydrogen (secondary N) is 1. The van der Waals surface area contributed by atoms with Crippen molar-refractivity contribution in [1.29, 1.82) is 0 Å². The Morgan fingerprint density at radius 3 is 3.04 bits per heavy atom. The number of aromatic amines is 1. The number of nitrogens with zero attached hydrogens (tertiary/aromatic N) is 2. The van der Waals surface area contributed by atoms with E-state index in [4.69, 9.17) is 16.0 Å². The zero-order valence-electron chi connectivity index (χ0n) is 13.6. The van der Waals surface area contributed by atoms with E-state index in [0.29, 0.717) is 54.5 Å². The van der Waals surface area contributed by atoms with Crippen LogP contribution in [0.1, 0.15) is 16.8 Å². The first kappa shape index (κ1) is 16.8.